The van der Waals surface area contributed by atoms with Crippen LogP contribution < -0.4 is 10.3 Å². The Balaban J connectivity index is 1.56. The summed E-state index contributed by atoms with van der Waals surface area (Å²) in [6, 6.07) is 26.2. The average molecular weight is 526 g/mol. The molecular weight excluding hydrogens is 494 g/mol. The zero-order valence-electron chi connectivity index (χ0n) is 21.9. The van der Waals surface area contributed by atoms with E-state index in [2.05, 4.69) is 47.6 Å². The van der Waals surface area contributed by atoms with Gasteiger partial charge >= 0.3 is 5.56 Å². The summed E-state index contributed by atoms with van der Waals surface area (Å²) in [5, 5.41) is 0. The monoisotopic (exact) mass is 525 g/mol. The SMILES string of the molecule is CSc1ccc(-c2ccccc2Cc2nc(=O)c(OCc3ccccc3)c3n2CCN(C(C)C)C3=O)cc1. The molecule has 3 aromatic carbocycles. The van der Waals surface area contributed by atoms with E-state index in [1.807, 2.05) is 60.9 Å². The molecule has 7 heteroatoms. The van der Waals surface area contributed by atoms with Crippen molar-refractivity contribution in [2.75, 3.05) is 12.8 Å². The third kappa shape index (κ3) is 5.24. The van der Waals surface area contributed by atoms with E-state index in [0.717, 1.165) is 22.3 Å². The molecule has 0 saturated heterocycles. The molecule has 0 bridgehead atoms. The molecule has 38 heavy (non-hydrogen) atoms. The Morgan fingerprint density at radius 1 is 0.921 bits per heavy atom. The maximum atomic E-state index is 13.7. The number of ether oxygens (including phenoxy) is 1. The molecule has 194 valence electrons. The minimum Gasteiger partial charge on any atom is -0.481 e. The van der Waals surface area contributed by atoms with Crippen LogP contribution in [0.5, 0.6) is 5.75 Å². The Morgan fingerprint density at radius 2 is 1.63 bits per heavy atom. The molecule has 0 N–H and O–H groups in total. The van der Waals surface area contributed by atoms with Gasteiger partial charge in [0.05, 0.1) is 0 Å². The van der Waals surface area contributed by atoms with Gasteiger partial charge in [-0.2, -0.15) is 4.98 Å². The van der Waals surface area contributed by atoms with Crippen molar-refractivity contribution in [2.45, 2.75) is 44.4 Å². The summed E-state index contributed by atoms with van der Waals surface area (Å²) < 4.78 is 7.88. The summed E-state index contributed by atoms with van der Waals surface area (Å²) in [5.74, 6) is 0.395. The fourth-order valence-electron chi connectivity index (χ4n) is 4.86. The van der Waals surface area contributed by atoms with Gasteiger partial charge < -0.3 is 14.2 Å². The van der Waals surface area contributed by atoms with Crippen LogP contribution in [-0.2, 0) is 19.6 Å². The van der Waals surface area contributed by atoms with Crippen LogP contribution in [-0.4, -0.2) is 39.2 Å². The van der Waals surface area contributed by atoms with Crippen LogP contribution in [0.4, 0.5) is 0 Å². The minimum absolute atomic E-state index is 0.00919. The summed E-state index contributed by atoms with van der Waals surface area (Å²) >= 11 is 1.71. The van der Waals surface area contributed by atoms with E-state index in [1.165, 1.54) is 4.90 Å². The van der Waals surface area contributed by atoms with Crippen molar-refractivity contribution in [3.8, 4) is 16.9 Å². The molecular formula is C31H31N3O3S. The maximum absolute atomic E-state index is 13.7. The Labute approximate surface area is 227 Å². The molecule has 0 unspecified atom stereocenters. The summed E-state index contributed by atoms with van der Waals surface area (Å²) in [7, 11) is 0. The third-order valence-electron chi connectivity index (χ3n) is 6.87. The molecule has 6 nitrogen and oxygen atoms in total. The number of hydrogen-bond donors (Lipinski definition) is 0. The highest BCUT2D eigenvalue weighted by Gasteiger charge is 2.33. The lowest BCUT2D eigenvalue weighted by Crippen LogP contribution is -2.46. The normalized spacial score (nSPS) is 13.1. The number of nitrogens with zero attached hydrogens (tertiary/aromatic N) is 3. The minimum atomic E-state index is -0.511. The van der Waals surface area contributed by atoms with Crippen LogP contribution in [0.3, 0.4) is 0 Å². The molecule has 0 radical (unpaired) electrons. The van der Waals surface area contributed by atoms with Gasteiger partial charge in [-0.3, -0.25) is 9.59 Å². The molecule has 0 fully saturated rings. The number of carbonyl (C=O) groups excluding carboxylic acids is 1. The van der Waals surface area contributed by atoms with E-state index >= 15 is 0 Å². The van der Waals surface area contributed by atoms with Crippen LogP contribution in [0.2, 0.25) is 0 Å². The number of rotatable bonds is 8. The van der Waals surface area contributed by atoms with E-state index in [9.17, 15) is 9.59 Å². The number of benzene rings is 3. The Bertz CT molecular complexity index is 1500. The molecule has 0 spiro atoms. The molecule has 0 saturated carbocycles. The van der Waals surface area contributed by atoms with E-state index in [-0.39, 0.29) is 30.0 Å². The lowest BCUT2D eigenvalue weighted by molar-refractivity contribution is 0.0634. The van der Waals surface area contributed by atoms with E-state index in [4.69, 9.17) is 4.74 Å². The molecule has 1 amide bonds. The lowest BCUT2D eigenvalue weighted by atomic mass is 9.97. The predicted octanol–water partition coefficient (Wildman–Crippen LogP) is 5.67. The topological polar surface area (TPSA) is 64.4 Å². The number of fused-ring (bicyclic) bond motifs is 1. The van der Waals surface area contributed by atoms with Gasteiger partial charge in [0.15, 0.2) is 5.69 Å². The van der Waals surface area contributed by atoms with Gasteiger partial charge in [-0.1, -0.05) is 66.7 Å². The van der Waals surface area contributed by atoms with Gasteiger partial charge in [-0.25, -0.2) is 0 Å². The van der Waals surface area contributed by atoms with E-state index in [1.54, 1.807) is 16.7 Å². The molecule has 2 heterocycles. The van der Waals surface area contributed by atoms with Crippen molar-refractivity contribution in [3.05, 3.63) is 112 Å². The van der Waals surface area contributed by atoms with Gasteiger partial charge in [-0.05, 0) is 54.5 Å². The highest BCUT2D eigenvalue weighted by molar-refractivity contribution is 7.98. The Hall–Kier alpha value is -3.84. The van der Waals surface area contributed by atoms with Crippen molar-refractivity contribution in [1.82, 2.24) is 14.5 Å². The van der Waals surface area contributed by atoms with Gasteiger partial charge in [0.2, 0.25) is 5.75 Å². The third-order valence-corrected chi connectivity index (χ3v) is 7.61. The fraction of sp³-hybridized carbons (Fsp3) is 0.258. The zero-order valence-corrected chi connectivity index (χ0v) is 22.7. The van der Waals surface area contributed by atoms with Crippen molar-refractivity contribution >= 4 is 17.7 Å². The van der Waals surface area contributed by atoms with E-state index in [0.29, 0.717) is 25.3 Å². The predicted molar refractivity (Wildman–Crippen MR) is 152 cm³/mol. The fourth-order valence-corrected chi connectivity index (χ4v) is 5.27. The standard InChI is InChI=1S/C31H31N3O3S/c1-21(2)33-17-18-34-27(19-24-11-7-8-12-26(24)23-13-15-25(38-3)16-14-23)32-30(35)29(28(34)31(33)36)37-20-22-9-5-4-6-10-22/h4-16,21H,17-20H2,1-3H3. The van der Waals surface area contributed by atoms with Crippen LogP contribution >= 0.6 is 11.8 Å². The van der Waals surface area contributed by atoms with Crippen molar-refractivity contribution in [2.24, 2.45) is 0 Å². The highest BCUT2D eigenvalue weighted by atomic mass is 32.2. The Morgan fingerprint density at radius 3 is 2.34 bits per heavy atom. The molecule has 1 aliphatic heterocycles. The van der Waals surface area contributed by atoms with Crippen molar-refractivity contribution < 1.29 is 9.53 Å². The van der Waals surface area contributed by atoms with Gasteiger partial charge in [0.1, 0.15) is 12.4 Å². The zero-order chi connectivity index (χ0) is 26.6. The second kappa shape index (κ2) is 11.3. The van der Waals surface area contributed by atoms with Gasteiger partial charge in [0, 0.05) is 30.4 Å². The Kier molecular flexibility index (Phi) is 7.65. The largest absolute Gasteiger partial charge is 0.481 e. The van der Waals surface area contributed by atoms with Crippen molar-refractivity contribution in [1.29, 1.82) is 0 Å². The molecule has 1 aromatic heterocycles. The van der Waals surface area contributed by atoms with Crippen LogP contribution in [0.15, 0.2) is 88.6 Å². The van der Waals surface area contributed by atoms with Crippen LogP contribution in [0.1, 0.15) is 41.3 Å². The second-order valence-electron chi connectivity index (χ2n) is 9.59. The van der Waals surface area contributed by atoms with Crippen LogP contribution in [0, 0.1) is 0 Å². The summed E-state index contributed by atoms with van der Waals surface area (Å²) in [6.07, 6.45) is 2.49. The first-order valence-corrected chi connectivity index (χ1v) is 14.0. The molecule has 5 rings (SSSR count). The highest BCUT2D eigenvalue weighted by Crippen LogP contribution is 2.29. The molecule has 0 aliphatic carbocycles. The summed E-state index contributed by atoms with van der Waals surface area (Å²) in [5.41, 5.74) is 3.92. The van der Waals surface area contributed by atoms with Gasteiger partial charge in [0.25, 0.3) is 5.91 Å². The molecule has 1 aliphatic rings. The first-order chi connectivity index (χ1) is 18.5. The smallest absolute Gasteiger partial charge is 0.316 e. The summed E-state index contributed by atoms with van der Waals surface area (Å²) in [6.45, 7) is 5.26. The maximum Gasteiger partial charge on any atom is 0.316 e. The molecule has 4 aromatic rings. The molecule has 0 atom stereocenters. The number of amides is 1. The average Bonchev–Trinajstić information content (AvgIpc) is 2.94. The van der Waals surface area contributed by atoms with Gasteiger partial charge in [-0.15, -0.1) is 11.8 Å². The summed E-state index contributed by atoms with van der Waals surface area (Å²) in [4.78, 5) is 34.5. The second-order valence-corrected chi connectivity index (χ2v) is 10.5. The first-order valence-electron chi connectivity index (χ1n) is 12.8. The number of aromatic nitrogens is 2. The number of thioether (sulfide) groups is 1. The number of hydrogen-bond acceptors (Lipinski definition) is 5. The first kappa shape index (κ1) is 25.8. The lowest BCUT2D eigenvalue weighted by Gasteiger charge is -2.34. The van der Waals surface area contributed by atoms with Crippen molar-refractivity contribution in [3.63, 3.8) is 0 Å². The van der Waals surface area contributed by atoms with Crippen LogP contribution in [0.25, 0.3) is 11.1 Å². The number of carbonyl (C=O) groups is 1. The quantitative estimate of drug-likeness (QED) is 0.278. The van der Waals surface area contributed by atoms with E-state index < -0.39 is 5.56 Å².